The number of allylic oxidation sites excluding steroid dienone is 3. The number of nitrogens with one attached hydrogen (secondary N) is 1. The maximum Gasteiger partial charge on any atom is 0.407 e. The fourth-order valence-electron chi connectivity index (χ4n) is 5.13. The summed E-state index contributed by atoms with van der Waals surface area (Å²) in [5.41, 5.74) is 3.68. The zero-order valence-electron chi connectivity index (χ0n) is 24.6. The van der Waals surface area contributed by atoms with Gasteiger partial charge in [-0.3, -0.25) is 0 Å². The number of hydrogen-bond donors (Lipinski definition) is 2. The molecule has 0 aromatic heterocycles. The minimum Gasteiger partial charge on any atom is -0.507 e. The van der Waals surface area contributed by atoms with E-state index in [1.54, 1.807) is 0 Å². The molecule has 0 radical (unpaired) electrons. The minimum absolute atomic E-state index is 0.00165. The highest BCUT2D eigenvalue weighted by Crippen LogP contribution is 2.48. The van der Waals surface area contributed by atoms with Crippen molar-refractivity contribution in [1.29, 1.82) is 0 Å². The number of carbonyl (C=O) groups excluding carboxylic acids is 1. The summed E-state index contributed by atoms with van der Waals surface area (Å²) < 4.78 is 11.6. The largest absolute Gasteiger partial charge is 0.507 e. The van der Waals surface area contributed by atoms with E-state index in [1.807, 2.05) is 26.8 Å². The molecule has 2 N–H and O–H groups in total. The van der Waals surface area contributed by atoms with Gasteiger partial charge in [-0.15, -0.1) is 0 Å². The fourth-order valence-corrected chi connectivity index (χ4v) is 5.13. The zero-order valence-corrected chi connectivity index (χ0v) is 24.6. The molecule has 0 bridgehead atoms. The van der Waals surface area contributed by atoms with Crippen LogP contribution in [0, 0.1) is 5.92 Å². The summed E-state index contributed by atoms with van der Waals surface area (Å²) in [4.78, 5) is 12.1. The third-order valence-corrected chi connectivity index (χ3v) is 7.30. The molecule has 0 aliphatic heterocycles. The second kappa shape index (κ2) is 13.4. The second-order valence-corrected chi connectivity index (χ2v) is 12.4. The number of amides is 1. The number of rotatable bonds is 12. The normalized spacial score (nSPS) is 18.2. The van der Waals surface area contributed by atoms with E-state index in [2.05, 4.69) is 58.7 Å². The lowest BCUT2D eigenvalue weighted by Crippen LogP contribution is -2.34. The Balaban J connectivity index is 2.36. The maximum absolute atomic E-state index is 12.1. The minimum atomic E-state index is -0.552. The fraction of sp³-hybridized carbons (Fsp3) is 0.656. The highest BCUT2D eigenvalue weighted by atomic mass is 16.6. The lowest BCUT2D eigenvalue weighted by Gasteiger charge is -2.33. The van der Waals surface area contributed by atoms with Gasteiger partial charge in [0.1, 0.15) is 23.7 Å². The lowest BCUT2D eigenvalue weighted by atomic mass is 9.72. The molecule has 1 aliphatic rings. The molecule has 0 heterocycles. The van der Waals surface area contributed by atoms with Crippen molar-refractivity contribution < 1.29 is 19.4 Å². The van der Waals surface area contributed by atoms with Crippen molar-refractivity contribution in [3.05, 3.63) is 47.1 Å². The third kappa shape index (κ3) is 9.43. The average molecular weight is 514 g/mol. The molecule has 1 aromatic carbocycles. The van der Waals surface area contributed by atoms with Crippen LogP contribution in [0.3, 0.4) is 0 Å². The van der Waals surface area contributed by atoms with Gasteiger partial charge in [0.15, 0.2) is 0 Å². The summed E-state index contributed by atoms with van der Waals surface area (Å²) in [6.45, 7) is 21.3. The molecule has 1 aromatic rings. The van der Waals surface area contributed by atoms with Gasteiger partial charge in [-0.2, -0.15) is 0 Å². The molecular weight excluding hydrogens is 462 g/mol. The quantitative estimate of drug-likeness (QED) is 0.217. The van der Waals surface area contributed by atoms with Gasteiger partial charge in [0.05, 0.1) is 6.54 Å². The van der Waals surface area contributed by atoms with Gasteiger partial charge in [-0.1, -0.05) is 70.3 Å². The monoisotopic (exact) mass is 513 g/mol. The number of phenols is 1. The van der Waals surface area contributed by atoms with Gasteiger partial charge < -0.3 is 19.9 Å². The first kappa shape index (κ1) is 30.8. The Morgan fingerprint density at radius 2 is 1.86 bits per heavy atom. The van der Waals surface area contributed by atoms with Crippen molar-refractivity contribution >= 4 is 6.09 Å². The first-order valence-electron chi connectivity index (χ1n) is 14.0. The number of alkyl carbamates (subject to hydrolysis) is 1. The van der Waals surface area contributed by atoms with Gasteiger partial charge in [-0.05, 0) is 82.9 Å². The molecular formula is C32H51NO4. The van der Waals surface area contributed by atoms with Crippen molar-refractivity contribution in [3.63, 3.8) is 0 Å². The molecule has 5 nitrogen and oxygen atoms in total. The van der Waals surface area contributed by atoms with Crippen molar-refractivity contribution in [2.45, 2.75) is 117 Å². The number of unbranched alkanes of at least 4 members (excludes halogenated alkanes) is 3. The number of hydrogen-bond acceptors (Lipinski definition) is 4. The van der Waals surface area contributed by atoms with Crippen molar-refractivity contribution in [2.75, 3.05) is 13.2 Å². The zero-order chi connectivity index (χ0) is 27.8. The molecule has 1 unspecified atom stereocenters. The van der Waals surface area contributed by atoms with Gasteiger partial charge in [0.25, 0.3) is 0 Å². The topological polar surface area (TPSA) is 67.8 Å². The molecule has 2 atom stereocenters. The molecule has 1 amide bonds. The second-order valence-electron chi connectivity index (χ2n) is 12.4. The average Bonchev–Trinajstić information content (AvgIpc) is 2.78. The molecule has 0 spiro atoms. The van der Waals surface area contributed by atoms with Gasteiger partial charge >= 0.3 is 6.09 Å². The van der Waals surface area contributed by atoms with Crippen LogP contribution in [0.5, 0.6) is 11.5 Å². The lowest BCUT2D eigenvalue weighted by molar-refractivity contribution is 0.0520. The van der Waals surface area contributed by atoms with Crippen LogP contribution in [-0.4, -0.2) is 30.0 Å². The summed E-state index contributed by atoms with van der Waals surface area (Å²) in [6, 6.07) is 4.05. The van der Waals surface area contributed by atoms with Crippen LogP contribution in [0.2, 0.25) is 0 Å². The third-order valence-electron chi connectivity index (χ3n) is 7.30. The van der Waals surface area contributed by atoms with Crippen LogP contribution in [0.1, 0.15) is 117 Å². The Morgan fingerprint density at radius 1 is 1.16 bits per heavy atom. The molecule has 37 heavy (non-hydrogen) atoms. The van der Waals surface area contributed by atoms with Gasteiger partial charge in [0, 0.05) is 11.5 Å². The van der Waals surface area contributed by atoms with Crippen LogP contribution in [-0.2, 0) is 10.2 Å². The van der Waals surface area contributed by atoms with E-state index in [-0.39, 0.29) is 29.6 Å². The number of aromatic hydroxyl groups is 1. The summed E-state index contributed by atoms with van der Waals surface area (Å²) in [6.07, 6.45) is 9.71. The van der Waals surface area contributed by atoms with Crippen molar-refractivity contribution in [3.8, 4) is 11.5 Å². The number of carbonyl (C=O) groups is 1. The van der Waals surface area contributed by atoms with Crippen LogP contribution in [0.25, 0.3) is 0 Å². The molecule has 0 fully saturated rings. The van der Waals surface area contributed by atoms with E-state index in [0.29, 0.717) is 12.3 Å². The van der Waals surface area contributed by atoms with Crippen LogP contribution >= 0.6 is 0 Å². The number of phenolic OH excluding ortho intramolecular Hbond substituents is 1. The first-order valence-corrected chi connectivity index (χ1v) is 14.0. The Labute approximate surface area is 225 Å². The molecule has 5 heteroatoms. The van der Waals surface area contributed by atoms with Crippen LogP contribution < -0.4 is 10.1 Å². The Hall–Kier alpha value is -2.43. The predicted octanol–water partition coefficient (Wildman–Crippen LogP) is 8.56. The summed E-state index contributed by atoms with van der Waals surface area (Å²) >= 11 is 0. The molecule has 1 aliphatic carbocycles. The molecule has 208 valence electrons. The standard InChI is InChI=1S/C32H51NO4/c1-10-11-12-13-16-32(8,9)24-20-27(34)29(26-19-23(4)14-15-25(26)22(2)3)28(21-24)36-18-17-33-30(35)37-31(5,6)7/h19-21,25-26,34H,2,10-18H2,1,3-9H3,(H,33,35)/t25-,26?/m0/s1. The number of benzene rings is 1. The summed E-state index contributed by atoms with van der Waals surface area (Å²) in [5, 5.41) is 14.2. The maximum atomic E-state index is 12.1. The molecule has 0 saturated carbocycles. The van der Waals surface area contributed by atoms with Crippen molar-refractivity contribution in [1.82, 2.24) is 5.32 Å². The Kier molecular flexibility index (Phi) is 11.1. The van der Waals surface area contributed by atoms with Crippen LogP contribution in [0.15, 0.2) is 35.9 Å². The van der Waals surface area contributed by atoms with E-state index in [9.17, 15) is 9.90 Å². The Morgan fingerprint density at radius 3 is 2.49 bits per heavy atom. The highest BCUT2D eigenvalue weighted by molar-refractivity contribution is 5.67. The molecule has 2 rings (SSSR count). The van der Waals surface area contributed by atoms with Crippen LogP contribution in [0.4, 0.5) is 4.79 Å². The first-order chi connectivity index (χ1) is 17.2. The predicted molar refractivity (Wildman–Crippen MR) is 154 cm³/mol. The summed E-state index contributed by atoms with van der Waals surface area (Å²) in [5.74, 6) is 1.20. The molecule has 0 saturated heterocycles. The highest BCUT2D eigenvalue weighted by Gasteiger charge is 2.32. The van der Waals surface area contributed by atoms with Crippen molar-refractivity contribution in [2.24, 2.45) is 5.92 Å². The van der Waals surface area contributed by atoms with E-state index in [1.165, 1.54) is 24.8 Å². The smallest absolute Gasteiger partial charge is 0.407 e. The summed E-state index contributed by atoms with van der Waals surface area (Å²) in [7, 11) is 0. The van der Waals surface area contributed by atoms with Gasteiger partial charge in [0.2, 0.25) is 0 Å². The SMILES string of the molecule is C=C(C)[C@@H]1CCC(C)=CC1c1c(O)cc(C(C)(C)CCCCCC)cc1OCCNC(=O)OC(C)(C)C. The Bertz CT molecular complexity index is 954. The number of ether oxygens (including phenoxy) is 2. The van der Waals surface area contributed by atoms with E-state index in [0.717, 1.165) is 42.4 Å². The van der Waals surface area contributed by atoms with Gasteiger partial charge in [-0.25, -0.2) is 4.79 Å². The van der Waals surface area contributed by atoms with E-state index >= 15 is 0 Å². The van der Waals surface area contributed by atoms with E-state index in [4.69, 9.17) is 9.47 Å². The van der Waals surface area contributed by atoms with E-state index < -0.39 is 11.7 Å².